The van der Waals surface area contributed by atoms with Crippen LogP contribution in [0.25, 0.3) is 0 Å². The molecule has 0 bridgehead atoms. The van der Waals surface area contributed by atoms with Gasteiger partial charge in [-0.3, -0.25) is 19.3 Å². The van der Waals surface area contributed by atoms with Crippen LogP contribution < -0.4 is 9.64 Å². The molecule has 0 N–H and O–H groups in total. The summed E-state index contributed by atoms with van der Waals surface area (Å²) in [5, 5.41) is 0. The summed E-state index contributed by atoms with van der Waals surface area (Å²) in [5.41, 5.74) is 2.19. The zero-order valence-electron chi connectivity index (χ0n) is 17.1. The number of anilines is 1. The zero-order chi connectivity index (χ0) is 21.0. The fourth-order valence-corrected chi connectivity index (χ4v) is 5.39. The van der Waals surface area contributed by atoms with Gasteiger partial charge in [0.15, 0.2) is 5.78 Å². The number of hydrogen-bond acceptors (Lipinski definition) is 5. The SMILES string of the molecule is COc1ccc(C(=O)[C@@H]2[C@@H]3C(=O)N(c4ccc(C)cc4)C(=O)[C@H]3[C@H]3CCCN32)cc1. The van der Waals surface area contributed by atoms with Crippen molar-refractivity contribution in [2.24, 2.45) is 11.8 Å². The molecule has 5 rings (SSSR count). The van der Waals surface area contributed by atoms with Crippen LogP contribution in [0, 0.1) is 18.8 Å². The van der Waals surface area contributed by atoms with E-state index in [0.29, 0.717) is 17.0 Å². The second-order valence-electron chi connectivity index (χ2n) is 8.38. The lowest BCUT2D eigenvalue weighted by Gasteiger charge is -2.27. The fraction of sp³-hybridized carbons (Fsp3) is 0.375. The molecule has 3 aliphatic rings. The number of imide groups is 1. The van der Waals surface area contributed by atoms with Gasteiger partial charge in [0.25, 0.3) is 0 Å². The molecule has 4 atom stereocenters. The Balaban J connectivity index is 1.52. The maximum absolute atomic E-state index is 13.5. The van der Waals surface area contributed by atoms with Crippen molar-refractivity contribution in [3.63, 3.8) is 0 Å². The summed E-state index contributed by atoms with van der Waals surface area (Å²) in [6.07, 6.45) is 1.78. The summed E-state index contributed by atoms with van der Waals surface area (Å²) in [4.78, 5) is 43.7. The predicted octanol–water partition coefficient (Wildman–Crippen LogP) is 2.84. The predicted molar refractivity (Wildman–Crippen MR) is 111 cm³/mol. The van der Waals surface area contributed by atoms with E-state index in [1.54, 1.807) is 43.5 Å². The normalized spacial score (nSPS) is 28.0. The van der Waals surface area contributed by atoms with E-state index in [2.05, 4.69) is 4.90 Å². The van der Waals surface area contributed by atoms with Crippen molar-refractivity contribution in [2.75, 3.05) is 18.6 Å². The average molecular weight is 404 g/mol. The van der Waals surface area contributed by atoms with Crippen molar-refractivity contribution >= 4 is 23.3 Å². The van der Waals surface area contributed by atoms with Crippen molar-refractivity contribution in [1.29, 1.82) is 0 Å². The van der Waals surface area contributed by atoms with E-state index >= 15 is 0 Å². The molecule has 3 heterocycles. The molecule has 2 amide bonds. The standard InChI is InChI=1S/C24H24N2O4/c1-14-5-9-16(10-6-14)26-23(28)19-18-4-3-13-25(18)21(20(19)24(26)29)22(27)15-7-11-17(30-2)12-8-15/h5-12,18-21H,3-4,13H2,1-2H3/t18-,19+,20-,21+/m1/s1. The van der Waals surface area contributed by atoms with Gasteiger partial charge in [-0.05, 0) is 62.7 Å². The highest BCUT2D eigenvalue weighted by atomic mass is 16.5. The number of methoxy groups -OCH3 is 1. The van der Waals surface area contributed by atoms with Gasteiger partial charge in [0.05, 0.1) is 30.7 Å². The quantitative estimate of drug-likeness (QED) is 0.579. The molecule has 3 aliphatic heterocycles. The summed E-state index contributed by atoms with van der Waals surface area (Å²) in [6.45, 7) is 2.71. The lowest BCUT2D eigenvalue weighted by Crippen LogP contribution is -2.46. The molecule has 0 saturated carbocycles. The number of Topliss-reactive ketones (excluding diaryl/α,β-unsaturated/α-hetero) is 1. The fourth-order valence-electron chi connectivity index (χ4n) is 5.39. The molecule has 6 heteroatoms. The molecule has 0 aliphatic carbocycles. The maximum atomic E-state index is 13.5. The van der Waals surface area contributed by atoms with Crippen molar-refractivity contribution in [3.8, 4) is 5.75 Å². The van der Waals surface area contributed by atoms with E-state index < -0.39 is 17.9 Å². The van der Waals surface area contributed by atoms with Gasteiger partial charge in [-0.1, -0.05) is 17.7 Å². The lowest BCUT2D eigenvalue weighted by molar-refractivity contribution is -0.123. The molecule has 0 spiro atoms. The number of hydrogen-bond donors (Lipinski definition) is 0. The first kappa shape index (κ1) is 19.0. The number of nitrogens with zero attached hydrogens (tertiary/aromatic N) is 2. The number of rotatable bonds is 4. The average Bonchev–Trinajstić information content (AvgIpc) is 3.41. The van der Waals surface area contributed by atoms with Gasteiger partial charge in [-0.15, -0.1) is 0 Å². The minimum absolute atomic E-state index is 0.0471. The number of aryl methyl sites for hydroxylation is 1. The Morgan fingerprint density at radius 3 is 2.30 bits per heavy atom. The molecule has 154 valence electrons. The number of fused-ring (bicyclic) bond motifs is 3. The highest BCUT2D eigenvalue weighted by Gasteiger charge is 2.64. The molecule has 6 nitrogen and oxygen atoms in total. The highest BCUT2D eigenvalue weighted by Crippen LogP contribution is 2.48. The molecule has 2 aromatic carbocycles. The first-order valence-electron chi connectivity index (χ1n) is 10.4. The Labute approximate surface area is 175 Å². The third-order valence-corrected chi connectivity index (χ3v) is 6.79. The minimum atomic E-state index is -0.626. The van der Waals surface area contributed by atoms with Crippen LogP contribution >= 0.6 is 0 Å². The van der Waals surface area contributed by atoms with Crippen molar-refractivity contribution in [1.82, 2.24) is 4.90 Å². The van der Waals surface area contributed by atoms with E-state index in [9.17, 15) is 14.4 Å². The van der Waals surface area contributed by atoms with E-state index in [1.165, 1.54) is 4.90 Å². The van der Waals surface area contributed by atoms with Gasteiger partial charge >= 0.3 is 0 Å². The number of ketones is 1. The molecule has 0 aromatic heterocycles. The van der Waals surface area contributed by atoms with Gasteiger partial charge in [-0.25, -0.2) is 4.90 Å². The van der Waals surface area contributed by atoms with Crippen LogP contribution in [0.2, 0.25) is 0 Å². The van der Waals surface area contributed by atoms with Crippen LogP contribution in [0.3, 0.4) is 0 Å². The van der Waals surface area contributed by atoms with Crippen LogP contribution in [0.1, 0.15) is 28.8 Å². The minimum Gasteiger partial charge on any atom is -0.497 e. The van der Waals surface area contributed by atoms with Crippen LogP contribution in [-0.4, -0.2) is 48.2 Å². The molecule has 0 unspecified atom stereocenters. The van der Waals surface area contributed by atoms with Gasteiger partial charge in [0, 0.05) is 11.6 Å². The third kappa shape index (κ3) is 2.70. The van der Waals surface area contributed by atoms with Gasteiger partial charge in [0.2, 0.25) is 11.8 Å². The Morgan fingerprint density at radius 2 is 1.63 bits per heavy atom. The smallest absolute Gasteiger partial charge is 0.239 e. The number of carbonyl (C=O) groups is 3. The van der Waals surface area contributed by atoms with Crippen LogP contribution in [-0.2, 0) is 9.59 Å². The van der Waals surface area contributed by atoms with Crippen molar-refractivity contribution < 1.29 is 19.1 Å². The summed E-state index contributed by atoms with van der Waals surface area (Å²) in [6, 6.07) is 13.7. The number of carbonyl (C=O) groups excluding carboxylic acids is 3. The maximum Gasteiger partial charge on any atom is 0.239 e. The Kier molecular flexibility index (Phi) is 4.47. The number of amides is 2. The van der Waals surface area contributed by atoms with Gasteiger partial charge < -0.3 is 4.74 Å². The highest BCUT2D eigenvalue weighted by molar-refractivity contribution is 6.24. The Morgan fingerprint density at radius 1 is 0.967 bits per heavy atom. The van der Waals surface area contributed by atoms with E-state index in [1.807, 2.05) is 19.1 Å². The van der Waals surface area contributed by atoms with Crippen molar-refractivity contribution in [2.45, 2.75) is 31.8 Å². The molecule has 0 radical (unpaired) electrons. The largest absolute Gasteiger partial charge is 0.497 e. The molecule has 3 fully saturated rings. The van der Waals surface area contributed by atoms with Gasteiger partial charge in [0.1, 0.15) is 5.75 Å². The topological polar surface area (TPSA) is 66.9 Å². The monoisotopic (exact) mass is 404 g/mol. The summed E-state index contributed by atoms with van der Waals surface area (Å²) in [7, 11) is 1.58. The molecular formula is C24H24N2O4. The van der Waals surface area contributed by atoms with Crippen molar-refractivity contribution in [3.05, 3.63) is 59.7 Å². The van der Waals surface area contributed by atoms with Crippen LogP contribution in [0.5, 0.6) is 5.75 Å². The second kappa shape index (κ2) is 7.06. The second-order valence-corrected chi connectivity index (χ2v) is 8.38. The third-order valence-electron chi connectivity index (χ3n) is 6.79. The number of ether oxygens (including phenoxy) is 1. The molecule has 2 aromatic rings. The molecule has 30 heavy (non-hydrogen) atoms. The van der Waals surface area contributed by atoms with E-state index in [4.69, 9.17) is 4.74 Å². The summed E-state index contributed by atoms with van der Waals surface area (Å²) >= 11 is 0. The molecular weight excluding hydrogens is 380 g/mol. The molecule has 3 saturated heterocycles. The van der Waals surface area contributed by atoms with Crippen LogP contribution in [0.4, 0.5) is 5.69 Å². The van der Waals surface area contributed by atoms with E-state index in [-0.39, 0.29) is 23.6 Å². The lowest BCUT2D eigenvalue weighted by atomic mass is 9.85. The Hall–Kier alpha value is -2.99. The summed E-state index contributed by atoms with van der Waals surface area (Å²) in [5.74, 6) is -0.922. The van der Waals surface area contributed by atoms with Crippen LogP contribution in [0.15, 0.2) is 48.5 Å². The number of benzene rings is 2. The first-order valence-corrected chi connectivity index (χ1v) is 10.4. The summed E-state index contributed by atoms with van der Waals surface area (Å²) < 4.78 is 5.19. The zero-order valence-corrected chi connectivity index (χ0v) is 17.1. The Bertz CT molecular complexity index is 1010. The first-order chi connectivity index (χ1) is 14.5. The van der Waals surface area contributed by atoms with E-state index in [0.717, 1.165) is 24.9 Å². The van der Waals surface area contributed by atoms with Gasteiger partial charge in [-0.2, -0.15) is 0 Å².